The number of nitrogens with zero attached hydrogens (tertiary/aromatic N) is 1. The van der Waals surface area contributed by atoms with E-state index in [9.17, 15) is 4.79 Å². The maximum Gasteiger partial charge on any atom is 0.263 e. The molecule has 0 aliphatic carbocycles. The maximum absolute atomic E-state index is 12.7. The van der Waals surface area contributed by atoms with Crippen molar-refractivity contribution in [3.05, 3.63) is 29.8 Å². The average Bonchev–Trinajstić information content (AvgIpc) is 2.49. The number of rotatable bonds is 5. The summed E-state index contributed by atoms with van der Waals surface area (Å²) in [5.41, 5.74) is 0.251. The molecule has 1 fully saturated rings. The van der Waals surface area contributed by atoms with Gasteiger partial charge < -0.3 is 15.0 Å². The zero-order valence-electron chi connectivity index (χ0n) is 15.1. The van der Waals surface area contributed by atoms with Crippen LogP contribution in [-0.2, 0) is 4.79 Å². The van der Waals surface area contributed by atoms with E-state index in [4.69, 9.17) is 4.74 Å². The molecule has 1 saturated heterocycles. The number of carbonyl (C=O) groups is 1. The number of hydrogen-bond acceptors (Lipinski definition) is 3. The molecule has 1 aromatic rings. The van der Waals surface area contributed by atoms with Crippen LogP contribution in [0.1, 0.15) is 52.0 Å². The number of likely N-dealkylation sites (tertiary alicyclic amines) is 1. The molecule has 0 unspecified atom stereocenters. The number of para-hydroxylation sites is 1. The highest BCUT2D eigenvalue weighted by Gasteiger charge is 2.33. The van der Waals surface area contributed by atoms with Crippen molar-refractivity contribution < 1.29 is 9.53 Å². The van der Waals surface area contributed by atoms with E-state index < -0.39 is 5.60 Å². The second-order valence-electron chi connectivity index (χ2n) is 7.36. The summed E-state index contributed by atoms with van der Waals surface area (Å²) < 4.78 is 6.10. The number of hydrogen-bond donors (Lipinski definition) is 1. The molecule has 1 aliphatic rings. The molecule has 1 aromatic carbocycles. The number of carbonyl (C=O) groups excluding carboxylic acids is 1. The first-order chi connectivity index (χ1) is 10.8. The Labute approximate surface area is 140 Å². The maximum atomic E-state index is 12.7. The Kier molecular flexibility index (Phi) is 5.69. The van der Waals surface area contributed by atoms with Crippen LogP contribution in [0, 0.1) is 0 Å². The standard InChI is InChI=1S/C19H30N2O2/c1-14(2)16-8-6-7-9-17(16)23-19(3,4)18(22)20-15-10-12-21(5)13-11-15/h6-9,14-15H,10-13H2,1-5H3,(H,20,22). The molecule has 128 valence electrons. The molecular weight excluding hydrogens is 288 g/mol. The third-order valence-corrected chi connectivity index (χ3v) is 4.51. The number of nitrogens with one attached hydrogen (secondary N) is 1. The van der Waals surface area contributed by atoms with Gasteiger partial charge in [0, 0.05) is 6.04 Å². The molecule has 0 radical (unpaired) electrons. The normalized spacial score (nSPS) is 17.3. The molecule has 23 heavy (non-hydrogen) atoms. The second kappa shape index (κ2) is 7.35. The minimum Gasteiger partial charge on any atom is -0.478 e. The Morgan fingerprint density at radius 3 is 2.48 bits per heavy atom. The quantitative estimate of drug-likeness (QED) is 0.906. The highest BCUT2D eigenvalue weighted by molar-refractivity contribution is 5.85. The Hall–Kier alpha value is -1.55. The first kappa shape index (κ1) is 17.8. The van der Waals surface area contributed by atoms with Crippen LogP contribution in [0.2, 0.25) is 0 Å². The number of amides is 1. The van der Waals surface area contributed by atoms with Gasteiger partial charge in [-0.25, -0.2) is 0 Å². The summed E-state index contributed by atoms with van der Waals surface area (Å²) >= 11 is 0. The minimum atomic E-state index is -0.881. The third-order valence-electron chi connectivity index (χ3n) is 4.51. The molecule has 4 nitrogen and oxygen atoms in total. The lowest BCUT2D eigenvalue weighted by Gasteiger charge is -2.33. The van der Waals surface area contributed by atoms with Crippen LogP contribution in [0.5, 0.6) is 5.75 Å². The molecule has 0 atom stereocenters. The predicted octanol–water partition coefficient (Wildman–Crippen LogP) is 3.18. The first-order valence-electron chi connectivity index (χ1n) is 8.57. The van der Waals surface area contributed by atoms with Crippen molar-refractivity contribution in [1.82, 2.24) is 10.2 Å². The molecular formula is C19H30N2O2. The van der Waals surface area contributed by atoms with E-state index in [0.29, 0.717) is 5.92 Å². The fraction of sp³-hybridized carbons (Fsp3) is 0.632. The summed E-state index contributed by atoms with van der Waals surface area (Å²) in [6.07, 6.45) is 2.00. The van der Waals surface area contributed by atoms with Crippen molar-refractivity contribution in [2.45, 2.75) is 58.1 Å². The van der Waals surface area contributed by atoms with Gasteiger partial charge in [-0.1, -0.05) is 32.0 Å². The van der Waals surface area contributed by atoms with Gasteiger partial charge in [-0.15, -0.1) is 0 Å². The number of benzene rings is 1. The zero-order chi connectivity index (χ0) is 17.0. The monoisotopic (exact) mass is 318 g/mol. The van der Waals surface area contributed by atoms with Crippen molar-refractivity contribution in [3.8, 4) is 5.75 Å². The zero-order valence-corrected chi connectivity index (χ0v) is 15.1. The predicted molar refractivity (Wildman–Crippen MR) is 93.9 cm³/mol. The van der Waals surface area contributed by atoms with Gasteiger partial charge in [-0.3, -0.25) is 4.79 Å². The van der Waals surface area contributed by atoms with E-state index in [1.807, 2.05) is 32.0 Å². The van der Waals surface area contributed by atoms with Gasteiger partial charge in [0.2, 0.25) is 0 Å². The molecule has 2 rings (SSSR count). The molecule has 0 saturated carbocycles. The third kappa shape index (κ3) is 4.71. The fourth-order valence-corrected chi connectivity index (χ4v) is 2.88. The molecule has 1 heterocycles. The van der Waals surface area contributed by atoms with E-state index in [2.05, 4.69) is 37.2 Å². The number of ether oxygens (including phenoxy) is 1. The Morgan fingerprint density at radius 2 is 1.87 bits per heavy atom. The van der Waals surface area contributed by atoms with Gasteiger partial charge in [0.15, 0.2) is 5.60 Å². The van der Waals surface area contributed by atoms with E-state index in [0.717, 1.165) is 37.2 Å². The van der Waals surface area contributed by atoms with E-state index in [1.54, 1.807) is 0 Å². The molecule has 0 aromatic heterocycles. The lowest BCUT2D eigenvalue weighted by Crippen LogP contribution is -2.52. The minimum absolute atomic E-state index is 0.0365. The SMILES string of the molecule is CC(C)c1ccccc1OC(C)(C)C(=O)NC1CCN(C)CC1. The van der Waals surface area contributed by atoms with Crippen molar-refractivity contribution >= 4 is 5.91 Å². The van der Waals surface area contributed by atoms with Crippen molar-refractivity contribution in [2.24, 2.45) is 0 Å². The lowest BCUT2D eigenvalue weighted by molar-refractivity contribution is -0.135. The van der Waals surface area contributed by atoms with E-state index in [1.165, 1.54) is 0 Å². The van der Waals surface area contributed by atoms with Crippen LogP contribution >= 0.6 is 0 Å². The van der Waals surface area contributed by atoms with Crippen LogP contribution < -0.4 is 10.1 Å². The van der Waals surface area contributed by atoms with Gasteiger partial charge in [0.25, 0.3) is 5.91 Å². The van der Waals surface area contributed by atoms with E-state index in [-0.39, 0.29) is 11.9 Å². The van der Waals surface area contributed by atoms with Gasteiger partial charge in [-0.05, 0) is 64.4 Å². The van der Waals surface area contributed by atoms with E-state index >= 15 is 0 Å². The van der Waals surface area contributed by atoms with Crippen LogP contribution in [-0.4, -0.2) is 42.6 Å². The molecule has 1 amide bonds. The van der Waals surface area contributed by atoms with Crippen molar-refractivity contribution in [2.75, 3.05) is 20.1 Å². The lowest BCUT2D eigenvalue weighted by atomic mass is 10.0. The Morgan fingerprint density at radius 1 is 1.26 bits per heavy atom. The molecule has 4 heteroatoms. The van der Waals surface area contributed by atoms with Crippen LogP contribution in [0.15, 0.2) is 24.3 Å². The summed E-state index contributed by atoms with van der Waals surface area (Å²) in [6.45, 7) is 10.0. The molecule has 1 aliphatic heterocycles. The highest BCUT2D eigenvalue weighted by atomic mass is 16.5. The van der Waals surface area contributed by atoms with Crippen LogP contribution in [0.25, 0.3) is 0 Å². The van der Waals surface area contributed by atoms with Gasteiger partial charge >= 0.3 is 0 Å². The Bertz CT molecular complexity index is 532. The summed E-state index contributed by atoms with van der Waals surface area (Å²) in [7, 11) is 2.12. The topological polar surface area (TPSA) is 41.6 Å². The number of piperidine rings is 1. The van der Waals surface area contributed by atoms with Crippen LogP contribution in [0.3, 0.4) is 0 Å². The highest BCUT2D eigenvalue weighted by Crippen LogP contribution is 2.29. The first-order valence-corrected chi connectivity index (χ1v) is 8.57. The van der Waals surface area contributed by atoms with Gasteiger partial charge in [-0.2, -0.15) is 0 Å². The van der Waals surface area contributed by atoms with Crippen LogP contribution in [0.4, 0.5) is 0 Å². The fourth-order valence-electron chi connectivity index (χ4n) is 2.88. The van der Waals surface area contributed by atoms with Gasteiger partial charge in [0.1, 0.15) is 5.75 Å². The smallest absolute Gasteiger partial charge is 0.263 e. The molecule has 1 N–H and O–H groups in total. The molecule has 0 spiro atoms. The summed E-state index contributed by atoms with van der Waals surface area (Å²) in [6, 6.07) is 8.21. The summed E-state index contributed by atoms with van der Waals surface area (Å²) in [5.74, 6) is 1.12. The average molecular weight is 318 g/mol. The summed E-state index contributed by atoms with van der Waals surface area (Å²) in [4.78, 5) is 14.9. The summed E-state index contributed by atoms with van der Waals surface area (Å²) in [5, 5.41) is 3.16. The van der Waals surface area contributed by atoms with Gasteiger partial charge in [0.05, 0.1) is 0 Å². The molecule has 0 bridgehead atoms. The largest absolute Gasteiger partial charge is 0.478 e. The van der Waals surface area contributed by atoms with Crippen molar-refractivity contribution in [3.63, 3.8) is 0 Å². The Balaban J connectivity index is 2.02. The second-order valence-corrected chi connectivity index (χ2v) is 7.36. The van der Waals surface area contributed by atoms with Crippen molar-refractivity contribution in [1.29, 1.82) is 0 Å².